The van der Waals surface area contributed by atoms with E-state index in [0.29, 0.717) is 10.8 Å². The van der Waals surface area contributed by atoms with Crippen LogP contribution < -0.4 is 4.72 Å². The number of sulfonamides is 1. The van der Waals surface area contributed by atoms with Crippen LogP contribution >= 0.6 is 0 Å². The second-order valence-electron chi connectivity index (χ2n) is 6.29. The van der Waals surface area contributed by atoms with Crippen molar-refractivity contribution in [2.24, 2.45) is 5.92 Å². The van der Waals surface area contributed by atoms with Gasteiger partial charge in [-0.1, -0.05) is 17.7 Å². The summed E-state index contributed by atoms with van der Waals surface area (Å²) in [6, 6.07) is 6.88. The Morgan fingerprint density at radius 2 is 1.86 bits per heavy atom. The molecule has 2 fully saturated rings. The first-order valence-corrected chi connectivity index (χ1v) is 9.23. The fourth-order valence-corrected chi connectivity index (χ4v) is 4.09. The third-order valence-electron chi connectivity index (χ3n) is 4.33. The highest BCUT2D eigenvalue weighted by molar-refractivity contribution is 7.89. The van der Waals surface area contributed by atoms with Gasteiger partial charge in [-0.15, -0.1) is 0 Å². The van der Waals surface area contributed by atoms with Gasteiger partial charge < -0.3 is 4.74 Å². The largest absolute Gasteiger partial charge is 0.376 e. The molecule has 0 bridgehead atoms. The molecule has 0 radical (unpaired) electrons. The molecule has 116 valence electrons. The van der Waals surface area contributed by atoms with Gasteiger partial charge in [0.1, 0.15) is 0 Å². The summed E-state index contributed by atoms with van der Waals surface area (Å²) in [6.45, 7) is 2.73. The summed E-state index contributed by atoms with van der Waals surface area (Å²) >= 11 is 0. The Bertz CT molecular complexity index is 578. The summed E-state index contributed by atoms with van der Waals surface area (Å²) in [4.78, 5) is 0.334. The quantitative estimate of drug-likeness (QED) is 0.879. The number of rotatable bonds is 6. The standard InChI is InChI=1S/C16H23NO3S/c1-12-5-9-14(10-6-12)21(18,19)17-15-3-2-4-16(15)20-11-13-7-8-13/h5-6,9-10,13,15-17H,2-4,7-8,11H2,1H3/t15-,16-/m1/s1. The van der Waals surface area contributed by atoms with Crippen LogP contribution in [0.15, 0.2) is 29.2 Å². The summed E-state index contributed by atoms with van der Waals surface area (Å²) in [7, 11) is -3.45. The highest BCUT2D eigenvalue weighted by Gasteiger charge is 2.33. The minimum atomic E-state index is -3.45. The fourth-order valence-electron chi connectivity index (χ4n) is 2.79. The van der Waals surface area contributed by atoms with Gasteiger partial charge in [0, 0.05) is 12.6 Å². The highest BCUT2D eigenvalue weighted by Crippen LogP contribution is 2.31. The van der Waals surface area contributed by atoms with Gasteiger partial charge in [-0.25, -0.2) is 13.1 Å². The van der Waals surface area contributed by atoms with E-state index in [1.165, 1.54) is 12.8 Å². The summed E-state index contributed by atoms with van der Waals surface area (Å²) < 4.78 is 33.6. The van der Waals surface area contributed by atoms with Crippen molar-refractivity contribution in [3.63, 3.8) is 0 Å². The Hall–Kier alpha value is -0.910. The maximum atomic E-state index is 12.4. The van der Waals surface area contributed by atoms with E-state index in [9.17, 15) is 8.42 Å². The maximum absolute atomic E-state index is 12.4. The van der Waals surface area contributed by atoms with Crippen LogP contribution in [0, 0.1) is 12.8 Å². The lowest BCUT2D eigenvalue weighted by molar-refractivity contribution is 0.0379. The lowest BCUT2D eigenvalue weighted by Crippen LogP contribution is -2.41. The number of hydrogen-bond acceptors (Lipinski definition) is 3. The average molecular weight is 309 g/mol. The molecule has 2 aliphatic rings. The molecule has 21 heavy (non-hydrogen) atoms. The molecule has 0 saturated heterocycles. The molecule has 4 nitrogen and oxygen atoms in total. The zero-order chi connectivity index (χ0) is 14.9. The third-order valence-corrected chi connectivity index (χ3v) is 5.84. The Balaban J connectivity index is 1.64. The number of benzene rings is 1. The van der Waals surface area contributed by atoms with Crippen LogP contribution in [0.4, 0.5) is 0 Å². The van der Waals surface area contributed by atoms with Gasteiger partial charge in [-0.3, -0.25) is 0 Å². The van der Waals surface area contributed by atoms with Crippen molar-refractivity contribution in [2.75, 3.05) is 6.61 Å². The SMILES string of the molecule is Cc1ccc(S(=O)(=O)N[C@@H]2CCC[C@H]2OCC2CC2)cc1. The first-order chi connectivity index (χ1) is 10.0. The van der Waals surface area contributed by atoms with Crippen LogP contribution in [0.25, 0.3) is 0 Å². The van der Waals surface area contributed by atoms with Gasteiger partial charge in [0.15, 0.2) is 0 Å². The fraction of sp³-hybridized carbons (Fsp3) is 0.625. The molecular formula is C16H23NO3S. The molecule has 2 saturated carbocycles. The zero-order valence-electron chi connectivity index (χ0n) is 12.4. The van der Waals surface area contributed by atoms with Crippen LogP contribution in [0.2, 0.25) is 0 Å². The van der Waals surface area contributed by atoms with E-state index in [1.54, 1.807) is 12.1 Å². The molecule has 1 aromatic rings. The Morgan fingerprint density at radius 1 is 1.14 bits per heavy atom. The van der Waals surface area contributed by atoms with Crippen molar-refractivity contribution >= 4 is 10.0 Å². The Morgan fingerprint density at radius 3 is 2.52 bits per heavy atom. The molecule has 0 unspecified atom stereocenters. The summed E-state index contributed by atoms with van der Waals surface area (Å²) in [6.07, 6.45) is 5.38. The van der Waals surface area contributed by atoms with Gasteiger partial charge in [0.2, 0.25) is 10.0 Å². The molecule has 0 spiro atoms. The maximum Gasteiger partial charge on any atom is 0.240 e. The first kappa shape index (κ1) is 15.0. The van der Waals surface area contributed by atoms with Gasteiger partial charge in [0.25, 0.3) is 0 Å². The number of ether oxygens (including phenoxy) is 1. The minimum Gasteiger partial charge on any atom is -0.376 e. The van der Waals surface area contributed by atoms with Crippen LogP contribution in [0.1, 0.15) is 37.7 Å². The zero-order valence-corrected chi connectivity index (χ0v) is 13.2. The molecule has 3 rings (SSSR count). The van der Waals surface area contributed by atoms with E-state index in [2.05, 4.69) is 4.72 Å². The summed E-state index contributed by atoms with van der Waals surface area (Å²) in [5, 5.41) is 0. The summed E-state index contributed by atoms with van der Waals surface area (Å²) in [5.74, 6) is 0.708. The van der Waals surface area contributed by atoms with Crippen LogP contribution in [0.3, 0.4) is 0 Å². The Labute approximate surface area is 126 Å². The van der Waals surface area contributed by atoms with E-state index >= 15 is 0 Å². The van der Waals surface area contributed by atoms with Crippen LogP contribution in [0.5, 0.6) is 0 Å². The van der Waals surface area contributed by atoms with Gasteiger partial charge in [-0.2, -0.15) is 0 Å². The molecule has 0 heterocycles. The second-order valence-corrected chi connectivity index (χ2v) is 8.00. The van der Waals surface area contributed by atoms with E-state index in [1.807, 2.05) is 19.1 Å². The van der Waals surface area contributed by atoms with Crippen molar-refractivity contribution < 1.29 is 13.2 Å². The van der Waals surface area contributed by atoms with Crippen LogP contribution in [-0.4, -0.2) is 27.2 Å². The van der Waals surface area contributed by atoms with E-state index in [0.717, 1.165) is 31.4 Å². The number of aryl methyl sites for hydroxylation is 1. The molecule has 5 heteroatoms. The lowest BCUT2D eigenvalue weighted by atomic mass is 10.2. The first-order valence-electron chi connectivity index (χ1n) is 7.75. The molecule has 0 aromatic heterocycles. The van der Waals surface area contributed by atoms with Gasteiger partial charge >= 0.3 is 0 Å². The van der Waals surface area contributed by atoms with Gasteiger partial charge in [0.05, 0.1) is 11.0 Å². The predicted molar refractivity (Wildman–Crippen MR) is 81.6 cm³/mol. The number of nitrogens with one attached hydrogen (secondary N) is 1. The normalized spacial score (nSPS) is 26.1. The van der Waals surface area contributed by atoms with Crippen molar-refractivity contribution in [3.05, 3.63) is 29.8 Å². The molecule has 2 atom stereocenters. The second kappa shape index (κ2) is 6.07. The van der Waals surface area contributed by atoms with E-state index in [-0.39, 0.29) is 12.1 Å². The van der Waals surface area contributed by atoms with Crippen LogP contribution in [-0.2, 0) is 14.8 Å². The van der Waals surface area contributed by atoms with Crippen molar-refractivity contribution in [3.8, 4) is 0 Å². The highest BCUT2D eigenvalue weighted by atomic mass is 32.2. The molecule has 1 N–H and O–H groups in total. The molecular weight excluding hydrogens is 286 g/mol. The van der Waals surface area contributed by atoms with Crippen molar-refractivity contribution in [1.29, 1.82) is 0 Å². The minimum absolute atomic E-state index is 0.0332. The van der Waals surface area contributed by atoms with E-state index < -0.39 is 10.0 Å². The monoisotopic (exact) mass is 309 g/mol. The van der Waals surface area contributed by atoms with Crippen molar-refractivity contribution in [2.45, 2.75) is 56.1 Å². The topological polar surface area (TPSA) is 55.4 Å². The lowest BCUT2D eigenvalue weighted by Gasteiger charge is -2.21. The molecule has 1 aromatic carbocycles. The van der Waals surface area contributed by atoms with Crippen molar-refractivity contribution in [1.82, 2.24) is 4.72 Å². The molecule has 2 aliphatic carbocycles. The van der Waals surface area contributed by atoms with Gasteiger partial charge in [-0.05, 0) is 57.1 Å². The third kappa shape index (κ3) is 3.84. The van der Waals surface area contributed by atoms with E-state index in [4.69, 9.17) is 4.74 Å². The average Bonchev–Trinajstić information content (AvgIpc) is 3.18. The smallest absolute Gasteiger partial charge is 0.240 e. The number of hydrogen-bond donors (Lipinski definition) is 1. The summed E-state index contributed by atoms with van der Waals surface area (Å²) in [5.41, 5.74) is 1.06. The molecule has 0 amide bonds. The Kier molecular flexibility index (Phi) is 4.33. The predicted octanol–water partition coefficient (Wildman–Crippen LogP) is 2.62. The molecule has 0 aliphatic heterocycles.